The van der Waals surface area contributed by atoms with Crippen LogP contribution in [0.25, 0.3) is 0 Å². The third kappa shape index (κ3) is 5.73. The van der Waals surface area contributed by atoms with Gasteiger partial charge < -0.3 is 10.1 Å². The second kappa shape index (κ2) is 7.87. The van der Waals surface area contributed by atoms with Gasteiger partial charge >= 0.3 is 12.0 Å². The summed E-state index contributed by atoms with van der Waals surface area (Å²) in [4.78, 5) is 44.7. The van der Waals surface area contributed by atoms with Crippen molar-refractivity contribution >= 4 is 23.6 Å². The molecule has 1 aromatic rings. The lowest BCUT2D eigenvalue weighted by Crippen LogP contribution is -2.44. The van der Waals surface area contributed by atoms with Crippen LogP contribution in [0.3, 0.4) is 0 Å². The zero-order valence-electron chi connectivity index (χ0n) is 12.9. The van der Waals surface area contributed by atoms with E-state index in [-0.39, 0.29) is 17.3 Å². The third-order valence-electron chi connectivity index (χ3n) is 2.65. The number of nitrogens with zero attached hydrogens (tertiary/aromatic N) is 1. The van der Waals surface area contributed by atoms with Gasteiger partial charge in [0, 0.05) is 17.7 Å². The van der Waals surface area contributed by atoms with Gasteiger partial charge in [0.25, 0.3) is 11.6 Å². The normalized spacial score (nSPS) is 10.1. The van der Waals surface area contributed by atoms with E-state index in [4.69, 9.17) is 4.74 Å². The molecule has 0 saturated heterocycles. The van der Waals surface area contributed by atoms with Gasteiger partial charge in [0.2, 0.25) is 0 Å². The van der Waals surface area contributed by atoms with E-state index < -0.39 is 29.4 Å². The van der Waals surface area contributed by atoms with E-state index in [1.165, 1.54) is 19.1 Å². The summed E-state index contributed by atoms with van der Waals surface area (Å²) in [5.41, 5.74) is 0.122. The van der Waals surface area contributed by atoms with Crippen LogP contribution in [0.15, 0.2) is 18.2 Å². The molecule has 0 fully saturated rings. The number of carbonyl (C=O) groups excluding carboxylic acids is 3. The Morgan fingerprint density at radius 2 is 1.96 bits per heavy atom. The minimum atomic E-state index is -0.896. The number of benzene rings is 1. The molecule has 0 aliphatic carbocycles. The Bertz CT molecular complexity index is 641. The molecular formula is C14H17N3O6. The zero-order valence-corrected chi connectivity index (χ0v) is 12.9. The van der Waals surface area contributed by atoms with Crippen molar-refractivity contribution < 1.29 is 24.0 Å². The van der Waals surface area contributed by atoms with Crippen molar-refractivity contribution in [2.75, 3.05) is 6.61 Å². The van der Waals surface area contributed by atoms with Gasteiger partial charge in [-0.05, 0) is 26.8 Å². The van der Waals surface area contributed by atoms with Crippen LogP contribution in [-0.2, 0) is 9.53 Å². The first-order valence-corrected chi connectivity index (χ1v) is 6.73. The smallest absolute Gasteiger partial charge is 0.338 e. The Labute approximate surface area is 132 Å². The SMILES string of the molecule is Cc1ccc(C(=O)OCC(=O)NC(=O)NC(C)C)cc1[N+](=O)[O-]. The van der Waals surface area contributed by atoms with E-state index in [0.29, 0.717) is 5.56 Å². The highest BCUT2D eigenvalue weighted by Gasteiger charge is 2.17. The van der Waals surface area contributed by atoms with Crippen molar-refractivity contribution in [2.45, 2.75) is 26.8 Å². The summed E-state index contributed by atoms with van der Waals surface area (Å²) in [6.07, 6.45) is 0. The van der Waals surface area contributed by atoms with Crippen LogP contribution in [0.5, 0.6) is 0 Å². The molecule has 0 aromatic heterocycles. The van der Waals surface area contributed by atoms with Gasteiger partial charge in [0.15, 0.2) is 6.61 Å². The van der Waals surface area contributed by atoms with Crippen LogP contribution in [0, 0.1) is 17.0 Å². The number of urea groups is 1. The topological polar surface area (TPSA) is 128 Å². The highest BCUT2D eigenvalue weighted by Crippen LogP contribution is 2.19. The first kappa shape index (κ1) is 18.1. The van der Waals surface area contributed by atoms with Gasteiger partial charge in [0.05, 0.1) is 10.5 Å². The van der Waals surface area contributed by atoms with Crippen LogP contribution >= 0.6 is 0 Å². The van der Waals surface area contributed by atoms with Crippen LogP contribution < -0.4 is 10.6 Å². The molecule has 124 valence electrons. The van der Waals surface area contributed by atoms with Crippen LogP contribution in [0.2, 0.25) is 0 Å². The Morgan fingerprint density at radius 3 is 2.52 bits per heavy atom. The fourth-order valence-corrected chi connectivity index (χ4v) is 1.61. The number of nitro groups is 1. The standard InChI is InChI=1S/C14H17N3O6/c1-8(2)15-14(20)16-12(18)7-23-13(19)10-5-4-9(3)11(6-10)17(21)22/h4-6,8H,7H2,1-3H3,(H2,15,16,18,20). The minimum absolute atomic E-state index is 0.0540. The zero-order chi connectivity index (χ0) is 17.6. The summed E-state index contributed by atoms with van der Waals surface area (Å²) in [5, 5.41) is 15.2. The first-order chi connectivity index (χ1) is 10.7. The Kier molecular flexibility index (Phi) is 6.19. The van der Waals surface area contributed by atoms with Gasteiger partial charge in [-0.3, -0.25) is 20.2 Å². The lowest BCUT2D eigenvalue weighted by molar-refractivity contribution is -0.385. The van der Waals surface area contributed by atoms with Gasteiger partial charge in [0.1, 0.15) is 0 Å². The van der Waals surface area contributed by atoms with Crippen molar-refractivity contribution in [1.29, 1.82) is 0 Å². The van der Waals surface area contributed by atoms with E-state index in [2.05, 4.69) is 5.32 Å². The molecule has 1 aromatic carbocycles. The molecule has 9 nitrogen and oxygen atoms in total. The predicted molar refractivity (Wildman–Crippen MR) is 79.9 cm³/mol. The lowest BCUT2D eigenvalue weighted by atomic mass is 10.1. The maximum absolute atomic E-state index is 11.8. The molecule has 1 rings (SSSR count). The summed E-state index contributed by atoms with van der Waals surface area (Å²) < 4.78 is 4.72. The van der Waals surface area contributed by atoms with Gasteiger partial charge in [-0.2, -0.15) is 0 Å². The highest BCUT2D eigenvalue weighted by atomic mass is 16.6. The molecule has 9 heteroatoms. The number of nitrogens with one attached hydrogen (secondary N) is 2. The van der Waals surface area contributed by atoms with E-state index in [9.17, 15) is 24.5 Å². The number of nitro benzene ring substituents is 1. The lowest BCUT2D eigenvalue weighted by Gasteiger charge is -2.09. The molecule has 2 N–H and O–H groups in total. The number of imide groups is 1. The Hall–Kier alpha value is -2.97. The molecule has 23 heavy (non-hydrogen) atoms. The molecule has 0 spiro atoms. The van der Waals surface area contributed by atoms with E-state index in [0.717, 1.165) is 6.07 Å². The van der Waals surface area contributed by atoms with Crippen molar-refractivity contribution in [1.82, 2.24) is 10.6 Å². The molecular weight excluding hydrogens is 306 g/mol. The summed E-state index contributed by atoms with van der Waals surface area (Å²) in [5.74, 6) is -1.70. The van der Waals surface area contributed by atoms with Gasteiger partial charge in [-0.1, -0.05) is 6.07 Å². The van der Waals surface area contributed by atoms with Crippen LogP contribution in [0.4, 0.5) is 10.5 Å². The van der Waals surface area contributed by atoms with Crippen molar-refractivity contribution in [3.8, 4) is 0 Å². The summed E-state index contributed by atoms with van der Waals surface area (Å²) in [7, 11) is 0. The molecule has 3 amide bonds. The van der Waals surface area contributed by atoms with E-state index in [1.54, 1.807) is 13.8 Å². The summed E-state index contributed by atoms with van der Waals surface area (Å²) in [6, 6.07) is 2.98. The van der Waals surface area contributed by atoms with Crippen molar-refractivity contribution in [2.24, 2.45) is 0 Å². The van der Waals surface area contributed by atoms with Crippen molar-refractivity contribution in [3.05, 3.63) is 39.4 Å². The number of amides is 3. The average molecular weight is 323 g/mol. The maximum atomic E-state index is 11.8. The molecule has 0 heterocycles. The number of carbonyl (C=O) groups is 3. The molecule has 0 aliphatic rings. The van der Waals surface area contributed by atoms with Crippen molar-refractivity contribution in [3.63, 3.8) is 0 Å². The number of hydrogen-bond donors (Lipinski definition) is 2. The summed E-state index contributed by atoms with van der Waals surface area (Å²) >= 11 is 0. The fourth-order valence-electron chi connectivity index (χ4n) is 1.61. The minimum Gasteiger partial charge on any atom is -0.452 e. The Balaban J connectivity index is 2.60. The number of ether oxygens (including phenoxy) is 1. The molecule has 0 radical (unpaired) electrons. The largest absolute Gasteiger partial charge is 0.452 e. The van der Waals surface area contributed by atoms with Crippen LogP contribution in [0.1, 0.15) is 29.8 Å². The average Bonchev–Trinajstić information content (AvgIpc) is 2.43. The maximum Gasteiger partial charge on any atom is 0.338 e. The quantitative estimate of drug-likeness (QED) is 0.477. The van der Waals surface area contributed by atoms with Crippen LogP contribution in [-0.4, -0.2) is 35.5 Å². The summed E-state index contributed by atoms with van der Waals surface area (Å²) in [6.45, 7) is 4.29. The third-order valence-corrected chi connectivity index (χ3v) is 2.65. The second-order valence-corrected chi connectivity index (χ2v) is 5.01. The molecule has 0 aliphatic heterocycles. The number of hydrogen-bond acceptors (Lipinski definition) is 6. The number of aryl methyl sites for hydroxylation is 1. The first-order valence-electron chi connectivity index (χ1n) is 6.73. The Morgan fingerprint density at radius 1 is 1.30 bits per heavy atom. The molecule has 0 atom stereocenters. The van der Waals surface area contributed by atoms with E-state index in [1.807, 2.05) is 5.32 Å². The molecule has 0 saturated carbocycles. The number of esters is 1. The molecule has 0 unspecified atom stereocenters. The number of rotatable bonds is 5. The fraction of sp³-hybridized carbons (Fsp3) is 0.357. The second-order valence-electron chi connectivity index (χ2n) is 5.01. The highest BCUT2D eigenvalue weighted by molar-refractivity contribution is 5.97. The molecule has 0 bridgehead atoms. The van der Waals surface area contributed by atoms with E-state index >= 15 is 0 Å². The van der Waals surface area contributed by atoms with Gasteiger partial charge in [-0.25, -0.2) is 9.59 Å². The predicted octanol–water partition coefficient (Wildman–Crippen LogP) is 1.29. The van der Waals surface area contributed by atoms with Gasteiger partial charge in [-0.15, -0.1) is 0 Å². The monoisotopic (exact) mass is 323 g/mol.